The van der Waals surface area contributed by atoms with Crippen LogP contribution in [0.25, 0.3) is 0 Å². The fourth-order valence-electron chi connectivity index (χ4n) is 1.60. The number of hydrogen-bond donors (Lipinski definition) is 2. The summed E-state index contributed by atoms with van der Waals surface area (Å²) in [4.78, 5) is 4.32. The average molecular weight is 277 g/mol. The molecule has 3 N–H and O–H groups in total. The average Bonchev–Trinajstić information content (AvgIpc) is 2.40. The predicted molar refractivity (Wildman–Crippen MR) is 84.6 cm³/mol. The normalized spacial score (nSPS) is 12.5. The van der Waals surface area contributed by atoms with E-state index in [-0.39, 0.29) is 5.60 Å². The molecule has 0 unspecified atom stereocenters. The van der Waals surface area contributed by atoms with E-state index < -0.39 is 0 Å². The molecule has 0 radical (unpaired) electrons. The molecule has 0 aliphatic carbocycles. The molecular formula is C16H27N3O. The van der Waals surface area contributed by atoms with Crippen LogP contribution in [-0.4, -0.2) is 18.1 Å². The summed E-state index contributed by atoms with van der Waals surface area (Å²) in [7, 11) is 0. The zero-order chi connectivity index (χ0) is 15.0. The Morgan fingerprint density at radius 1 is 1.30 bits per heavy atom. The van der Waals surface area contributed by atoms with Gasteiger partial charge in [-0.3, -0.25) is 0 Å². The number of nitrogens with zero attached hydrogens (tertiary/aromatic N) is 1. The fourth-order valence-corrected chi connectivity index (χ4v) is 1.60. The lowest BCUT2D eigenvalue weighted by molar-refractivity contribution is -0.0149. The molecular weight excluding hydrogens is 250 g/mol. The van der Waals surface area contributed by atoms with Crippen LogP contribution in [0.2, 0.25) is 0 Å². The van der Waals surface area contributed by atoms with Crippen LogP contribution in [0.15, 0.2) is 29.3 Å². The number of guanidine groups is 1. The van der Waals surface area contributed by atoms with Crippen LogP contribution in [0.4, 0.5) is 0 Å². The highest BCUT2D eigenvalue weighted by atomic mass is 16.5. The molecule has 1 aromatic carbocycles. The quantitative estimate of drug-likeness (QED) is 0.621. The highest BCUT2D eigenvalue weighted by Gasteiger charge is 2.09. The summed E-state index contributed by atoms with van der Waals surface area (Å²) in [5.41, 5.74) is 7.95. The molecule has 0 spiro atoms. The van der Waals surface area contributed by atoms with Crippen LogP contribution < -0.4 is 11.1 Å². The molecule has 1 aromatic rings. The van der Waals surface area contributed by atoms with Gasteiger partial charge in [-0.05, 0) is 38.3 Å². The largest absolute Gasteiger partial charge is 0.371 e. The Morgan fingerprint density at radius 2 is 2.00 bits per heavy atom. The van der Waals surface area contributed by atoms with Crippen molar-refractivity contribution in [1.82, 2.24) is 5.32 Å². The zero-order valence-electron chi connectivity index (χ0n) is 13.1. The fraction of sp³-hybridized carbons (Fsp3) is 0.562. The second-order valence-electron chi connectivity index (χ2n) is 5.85. The van der Waals surface area contributed by atoms with Gasteiger partial charge >= 0.3 is 0 Å². The van der Waals surface area contributed by atoms with Crippen LogP contribution in [-0.2, 0) is 17.9 Å². The zero-order valence-corrected chi connectivity index (χ0v) is 13.1. The van der Waals surface area contributed by atoms with Crippen molar-refractivity contribution in [2.24, 2.45) is 10.7 Å². The molecule has 20 heavy (non-hydrogen) atoms. The number of nitrogens with two attached hydrogens (primary N) is 1. The molecule has 0 amide bonds. The maximum absolute atomic E-state index is 5.78. The van der Waals surface area contributed by atoms with Gasteiger partial charge in [-0.2, -0.15) is 0 Å². The van der Waals surface area contributed by atoms with Gasteiger partial charge < -0.3 is 15.8 Å². The lowest BCUT2D eigenvalue weighted by Gasteiger charge is -2.19. The van der Waals surface area contributed by atoms with Gasteiger partial charge in [0.2, 0.25) is 0 Å². The van der Waals surface area contributed by atoms with Crippen LogP contribution in [0, 0.1) is 0 Å². The van der Waals surface area contributed by atoms with Crippen LogP contribution in [0.1, 0.15) is 45.2 Å². The molecule has 0 aromatic heterocycles. The van der Waals surface area contributed by atoms with Gasteiger partial charge in [0.05, 0.1) is 18.8 Å². The number of ether oxygens (including phenoxy) is 1. The molecule has 1 rings (SSSR count). The number of aliphatic imine (C=N–C) groups is 1. The van der Waals surface area contributed by atoms with Crippen molar-refractivity contribution in [3.8, 4) is 0 Å². The summed E-state index contributed by atoms with van der Waals surface area (Å²) >= 11 is 0. The molecule has 0 heterocycles. The van der Waals surface area contributed by atoms with E-state index in [9.17, 15) is 0 Å². The Labute approximate surface area is 122 Å². The second kappa shape index (κ2) is 7.90. The summed E-state index contributed by atoms with van der Waals surface area (Å²) in [5.74, 6) is 0.503. The van der Waals surface area contributed by atoms with E-state index >= 15 is 0 Å². The van der Waals surface area contributed by atoms with Gasteiger partial charge in [-0.1, -0.05) is 31.2 Å². The Bertz CT molecular complexity index is 436. The molecule has 0 bridgehead atoms. The first-order chi connectivity index (χ1) is 9.40. The van der Waals surface area contributed by atoms with Gasteiger partial charge in [0.15, 0.2) is 5.96 Å². The Morgan fingerprint density at radius 3 is 2.65 bits per heavy atom. The minimum absolute atomic E-state index is 0.122. The van der Waals surface area contributed by atoms with E-state index in [1.54, 1.807) is 0 Å². The molecule has 0 fully saturated rings. The van der Waals surface area contributed by atoms with Crippen molar-refractivity contribution in [3.05, 3.63) is 35.4 Å². The molecule has 0 saturated carbocycles. The molecule has 0 saturated heterocycles. The maximum atomic E-state index is 5.78. The van der Waals surface area contributed by atoms with E-state index in [4.69, 9.17) is 10.5 Å². The van der Waals surface area contributed by atoms with E-state index in [0.29, 0.717) is 19.1 Å². The lowest BCUT2D eigenvalue weighted by Crippen LogP contribution is -2.32. The summed E-state index contributed by atoms with van der Waals surface area (Å²) in [5, 5.41) is 3.07. The lowest BCUT2D eigenvalue weighted by atomic mass is 10.1. The van der Waals surface area contributed by atoms with Gasteiger partial charge in [0.1, 0.15) is 0 Å². The second-order valence-corrected chi connectivity index (χ2v) is 5.85. The Hall–Kier alpha value is -1.55. The SMILES string of the molecule is CCCNC(N)=NCc1cccc(COC(C)(C)C)c1. The first-order valence-electron chi connectivity index (χ1n) is 7.16. The van der Waals surface area contributed by atoms with Crippen LogP contribution >= 0.6 is 0 Å². The van der Waals surface area contributed by atoms with Crippen molar-refractivity contribution in [2.45, 2.75) is 52.9 Å². The van der Waals surface area contributed by atoms with Crippen molar-refractivity contribution < 1.29 is 4.74 Å². The number of hydrogen-bond acceptors (Lipinski definition) is 2. The third-order valence-electron chi connectivity index (χ3n) is 2.65. The molecule has 0 aliphatic heterocycles. The molecule has 0 aliphatic rings. The van der Waals surface area contributed by atoms with Crippen molar-refractivity contribution in [2.75, 3.05) is 6.54 Å². The molecule has 4 heteroatoms. The molecule has 112 valence electrons. The highest BCUT2D eigenvalue weighted by Crippen LogP contribution is 2.13. The van der Waals surface area contributed by atoms with Crippen molar-refractivity contribution >= 4 is 5.96 Å². The predicted octanol–water partition coefficient (Wildman–Crippen LogP) is 2.82. The first-order valence-corrected chi connectivity index (χ1v) is 7.16. The van der Waals surface area contributed by atoms with Gasteiger partial charge in [-0.15, -0.1) is 0 Å². The number of rotatable bonds is 6. The first kappa shape index (κ1) is 16.5. The van der Waals surface area contributed by atoms with E-state index in [1.165, 1.54) is 0 Å². The summed E-state index contributed by atoms with van der Waals surface area (Å²) in [6.45, 7) is 10.3. The van der Waals surface area contributed by atoms with E-state index in [0.717, 1.165) is 24.1 Å². The van der Waals surface area contributed by atoms with Crippen LogP contribution in [0.5, 0.6) is 0 Å². The molecule has 4 nitrogen and oxygen atoms in total. The smallest absolute Gasteiger partial charge is 0.188 e. The summed E-state index contributed by atoms with van der Waals surface area (Å²) in [6, 6.07) is 8.26. The highest BCUT2D eigenvalue weighted by molar-refractivity contribution is 5.77. The van der Waals surface area contributed by atoms with Gasteiger partial charge in [-0.25, -0.2) is 4.99 Å². The minimum Gasteiger partial charge on any atom is -0.371 e. The number of benzene rings is 1. The summed E-state index contributed by atoms with van der Waals surface area (Å²) < 4.78 is 5.78. The molecule has 0 atom stereocenters. The monoisotopic (exact) mass is 277 g/mol. The van der Waals surface area contributed by atoms with Crippen molar-refractivity contribution in [3.63, 3.8) is 0 Å². The third-order valence-corrected chi connectivity index (χ3v) is 2.65. The summed E-state index contributed by atoms with van der Waals surface area (Å²) in [6.07, 6.45) is 1.04. The van der Waals surface area contributed by atoms with Gasteiger partial charge in [0, 0.05) is 6.54 Å². The number of nitrogens with one attached hydrogen (secondary N) is 1. The topological polar surface area (TPSA) is 59.6 Å². The third kappa shape index (κ3) is 7.14. The van der Waals surface area contributed by atoms with Gasteiger partial charge in [0.25, 0.3) is 0 Å². The maximum Gasteiger partial charge on any atom is 0.188 e. The standard InChI is InChI=1S/C16H27N3O/c1-5-9-18-15(17)19-11-13-7-6-8-14(10-13)12-20-16(2,3)4/h6-8,10H,5,9,11-12H2,1-4H3,(H3,17,18,19). The Balaban J connectivity index is 2.55. The van der Waals surface area contributed by atoms with E-state index in [2.05, 4.69) is 56.2 Å². The minimum atomic E-state index is -0.122. The Kier molecular flexibility index (Phi) is 6.52. The van der Waals surface area contributed by atoms with Crippen LogP contribution in [0.3, 0.4) is 0 Å². The van der Waals surface area contributed by atoms with Crippen molar-refractivity contribution in [1.29, 1.82) is 0 Å². The van der Waals surface area contributed by atoms with E-state index in [1.807, 2.05) is 6.07 Å².